The minimum absolute atomic E-state index is 0.230. The van der Waals surface area contributed by atoms with E-state index in [0.717, 1.165) is 55.9 Å². The highest BCUT2D eigenvalue weighted by Crippen LogP contribution is 2.49. The number of fused-ring (bicyclic) bond motifs is 4. The molecule has 4 heterocycles. The van der Waals surface area contributed by atoms with Gasteiger partial charge in [0.2, 0.25) is 5.72 Å². The molecule has 3 aliphatic heterocycles. The molecule has 0 aliphatic carbocycles. The van der Waals surface area contributed by atoms with Crippen molar-refractivity contribution in [1.29, 1.82) is 0 Å². The molecule has 1 atom stereocenters. The number of hydrazone groups is 1. The fraction of sp³-hybridized carbons (Fsp3) is 0.308. The van der Waals surface area contributed by atoms with Gasteiger partial charge in [-0.25, -0.2) is 5.01 Å². The number of likely N-dealkylation sites (tertiary alicyclic amines) is 1. The van der Waals surface area contributed by atoms with Gasteiger partial charge in [-0.15, -0.1) is 0 Å². The van der Waals surface area contributed by atoms with Crippen LogP contribution in [0.25, 0.3) is 0 Å². The van der Waals surface area contributed by atoms with E-state index in [4.69, 9.17) is 9.84 Å². The topological polar surface area (TPSA) is 41.0 Å². The zero-order valence-electron chi connectivity index (χ0n) is 17.5. The van der Waals surface area contributed by atoms with Crippen LogP contribution in [-0.4, -0.2) is 39.4 Å². The molecule has 0 saturated carbocycles. The van der Waals surface area contributed by atoms with Crippen LogP contribution in [0.4, 0.5) is 0 Å². The molecule has 0 amide bonds. The summed E-state index contributed by atoms with van der Waals surface area (Å²) in [5.41, 5.74) is 4.51. The van der Waals surface area contributed by atoms with E-state index in [1.54, 1.807) is 0 Å². The van der Waals surface area contributed by atoms with E-state index < -0.39 is 0 Å². The van der Waals surface area contributed by atoms with Crippen LogP contribution in [0.15, 0.2) is 84.2 Å². The van der Waals surface area contributed by atoms with Crippen molar-refractivity contribution in [2.45, 2.75) is 37.6 Å². The van der Waals surface area contributed by atoms with E-state index in [9.17, 15) is 0 Å². The quantitative estimate of drug-likeness (QED) is 0.632. The molecule has 0 N–H and O–H groups in total. The zero-order chi connectivity index (χ0) is 20.7. The summed E-state index contributed by atoms with van der Waals surface area (Å²) < 4.78 is 6.74. The van der Waals surface area contributed by atoms with Gasteiger partial charge in [-0.05, 0) is 23.8 Å². The van der Waals surface area contributed by atoms with Crippen molar-refractivity contribution >= 4 is 5.71 Å². The molecule has 1 spiro atoms. The summed E-state index contributed by atoms with van der Waals surface area (Å²) in [4.78, 5) is 6.70. The number of rotatable bonds is 3. The van der Waals surface area contributed by atoms with Crippen LogP contribution in [0.2, 0.25) is 0 Å². The van der Waals surface area contributed by atoms with Gasteiger partial charge in [-0.3, -0.25) is 9.88 Å². The van der Waals surface area contributed by atoms with Crippen LogP contribution in [-0.2, 0) is 6.54 Å². The first-order valence-corrected chi connectivity index (χ1v) is 11.1. The van der Waals surface area contributed by atoms with E-state index in [1.165, 1.54) is 11.1 Å². The van der Waals surface area contributed by atoms with Gasteiger partial charge < -0.3 is 4.74 Å². The van der Waals surface area contributed by atoms with E-state index in [1.807, 2.05) is 12.4 Å². The van der Waals surface area contributed by atoms with Crippen LogP contribution >= 0.6 is 0 Å². The first-order chi connectivity index (χ1) is 15.3. The van der Waals surface area contributed by atoms with Gasteiger partial charge in [-0.2, -0.15) is 5.10 Å². The fourth-order valence-electron chi connectivity index (χ4n) is 5.18. The van der Waals surface area contributed by atoms with Gasteiger partial charge in [0, 0.05) is 62.4 Å². The maximum Gasteiger partial charge on any atom is 0.200 e. The van der Waals surface area contributed by atoms with Crippen LogP contribution in [0, 0.1) is 0 Å². The Morgan fingerprint density at radius 3 is 2.45 bits per heavy atom. The Morgan fingerprint density at radius 2 is 1.65 bits per heavy atom. The number of pyridine rings is 1. The third-order valence-corrected chi connectivity index (χ3v) is 6.81. The molecule has 3 aliphatic rings. The second-order valence-electron chi connectivity index (χ2n) is 8.69. The molecule has 5 heteroatoms. The molecule has 156 valence electrons. The predicted molar refractivity (Wildman–Crippen MR) is 121 cm³/mol. The maximum absolute atomic E-state index is 6.74. The molecule has 1 fully saturated rings. The Hall–Kier alpha value is -3.18. The third kappa shape index (κ3) is 3.29. The van der Waals surface area contributed by atoms with E-state index in [0.29, 0.717) is 0 Å². The summed E-state index contributed by atoms with van der Waals surface area (Å²) in [5.74, 6) is 1.02. The lowest BCUT2D eigenvalue weighted by atomic mass is 9.90. The van der Waals surface area contributed by atoms with E-state index in [2.05, 4.69) is 81.6 Å². The number of para-hydroxylation sites is 1. The van der Waals surface area contributed by atoms with E-state index >= 15 is 0 Å². The van der Waals surface area contributed by atoms with Gasteiger partial charge in [0.1, 0.15) is 5.75 Å². The number of aromatic nitrogens is 1. The van der Waals surface area contributed by atoms with Crippen molar-refractivity contribution in [3.63, 3.8) is 0 Å². The lowest BCUT2D eigenvalue weighted by Gasteiger charge is -2.51. The van der Waals surface area contributed by atoms with Gasteiger partial charge in [0.15, 0.2) is 0 Å². The monoisotopic (exact) mass is 410 g/mol. The fourth-order valence-corrected chi connectivity index (χ4v) is 5.18. The van der Waals surface area contributed by atoms with Crippen LogP contribution in [0.3, 0.4) is 0 Å². The second-order valence-corrected chi connectivity index (χ2v) is 8.69. The maximum atomic E-state index is 6.74. The summed E-state index contributed by atoms with van der Waals surface area (Å²) in [7, 11) is 0. The molecular weight excluding hydrogens is 384 g/mol. The molecule has 5 nitrogen and oxygen atoms in total. The normalized spacial score (nSPS) is 21.9. The smallest absolute Gasteiger partial charge is 0.200 e. The largest absolute Gasteiger partial charge is 0.466 e. The molecule has 1 aromatic heterocycles. The van der Waals surface area contributed by atoms with Crippen molar-refractivity contribution in [2.24, 2.45) is 5.10 Å². The molecule has 3 aromatic rings. The highest BCUT2D eigenvalue weighted by atomic mass is 16.5. The van der Waals surface area contributed by atoms with Gasteiger partial charge >= 0.3 is 0 Å². The SMILES string of the molecule is c1ccc(CN2CCC3(CC2)Oc2ccccc2C2CC(c4ccncc4)=NN23)cc1. The minimum atomic E-state index is -0.374. The average molecular weight is 411 g/mol. The lowest BCUT2D eigenvalue weighted by molar-refractivity contribution is -0.150. The van der Waals surface area contributed by atoms with Crippen LogP contribution in [0.1, 0.15) is 42.0 Å². The summed E-state index contributed by atoms with van der Waals surface area (Å²) in [5, 5.41) is 7.43. The minimum Gasteiger partial charge on any atom is -0.466 e. The van der Waals surface area contributed by atoms with Crippen LogP contribution in [0.5, 0.6) is 5.75 Å². The van der Waals surface area contributed by atoms with Crippen molar-refractivity contribution in [3.05, 3.63) is 95.8 Å². The van der Waals surface area contributed by atoms with Crippen molar-refractivity contribution in [1.82, 2.24) is 14.9 Å². The Kier molecular flexibility index (Phi) is 4.50. The first-order valence-electron chi connectivity index (χ1n) is 11.1. The van der Waals surface area contributed by atoms with Gasteiger partial charge in [0.05, 0.1) is 11.8 Å². The van der Waals surface area contributed by atoms with Crippen molar-refractivity contribution < 1.29 is 4.74 Å². The van der Waals surface area contributed by atoms with E-state index in [-0.39, 0.29) is 11.8 Å². The lowest BCUT2D eigenvalue weighted by Crippen LogP contribution is -2.59. The molecule has 1 unspecified atom stereocenters. The third-order valence-electron chi connectivity index (χ3n) is 6.81. The predicted octanol–water partition coefficient (Wildman–Crippen LogP) is 4.62. The molecule has 2 aromatic carbocycles. The summed E-state index contributed by atoms with van der Waals surface area (Å²) >= 11 is 0. The number of benzene rings is 2. The van der Waals surface area contributed by atoms with Crippen LogP contribution < -0.4 is 4.74 Å². The highest BCUT2D eigenvalue weighted by molar-refractivity contribution is 6.01. The summed E-state index contributed by atoms with van der Waals surface area (Å²) in [6.45, 7) is 2.99. The Balaban J connectivity index is 1.29. The first kappa shape index (κ1) is 18.6. The zero-order valence-corrected chi connectivity index (χ0v) is 17.5. The molecule has 31 heavy (non-hydrogen) atoms. The number of hydrogen-bond acceptors (Lipinski definition) is 5. The Bertz CT molecular complexity index is 1090. The average Bonchev–Trinajstić information content (AvgIpc) is 3.29. The Morgan fingerprint density at radius 1 is 0.903 bits per heavy atom. The standard InChI is InChI=1S/C26H26N4O/c1-2-6-20(7-3-1)19-29-16-12-26(13-17-29)30-24(22-8-4-5-9-25(22)31-26)18-23(28-30)21-10-14-27-15-11-21/h1-11,14-15,24H,12-13,16-19H2. The number of hydrogen-bond donors (Lipinski definition) is 0. The second kappa shape index (κ2) is 7.50. The summed E-state index contributed by atoms with van der Waals surface area (Å²) in [6.07, 6.45) is 6.48. The van der Waals surface area contributed by atoms with Gasteiger partial charge in [-0.1, -0.05) is 48.5 Å². The van der Waals surface area contributed by atoms with Crippen molar-refractivity contribution in [2.75, 3.05) is 13.1 Å². The summed E-state index contributed by atoms with van der Waals surface area (Å²) in [6, 6.07) is 23.6. The molecule has 0 bridgehead atoms. The number of ether oxygens (including phenoxy) is 1. The number of piperidine rings is 1. The molecule has 6 rings (SSSR count). The van der Waals surface area contributed by atoms with Crippen molar-refractivity contribution in [3.8, 4) is 5.75 Å². The number of nitrogens with zero attached hydrogens (tertiary/aromatic N) is 4. The van der Waals surface area contributed by atoms with Gasteiger partial charge in [0.25, 0.3) is 0 Å². The Labute approximate surface area is 183 Å². The highest BCUT2D eigenvalue weighted by Gasteiger charge is 2.51. The molecular formula is C26H26N4O. The molecule has 1 saturated heterocycles. The molecule has 0 radical (unpaired) electrons.